The fourth-order valence-electron chi connectivity index (χ4n) is 2.04. The molecule has 0 spiro atoms. The van der Waals surface area contributed by atoms with E-state index in [9.17, 15) is 9.59 Å². The van der Waals surface area contributed by atoms with E-state index >= 15 is 0 Å². The molecule has 5 nitrogen and oxygen atoms in total. The number of hydrogen-bond acceptors (Lipinski definition) is 3. The van der Waals surface area contributed by atoms with Crippen LogP contribution in [0.3, 0.4) is 0 Å². The molecule has 2 aromatic rings. The Morgan fingerprint density at radius 1 is 1.24 bits per heavy atom. The summed E-state index contributed by atoms with van der Waals surface area (Å²) in [7, 11) is 1.61. The fourth-order valence-corrected chi connectivity index (χ4v) is 2.04. The number of nitrogens with one attached hydrogen (secondary N) is 1. The van der Waals surface area contributed by atoms with Crippen LogP contribution in [0.2, 0.25) is 0 Å². The van der Waals surface area contributed by atoms with Crippen molar-refractivity contribution >= 4 is 5.91 Å². The molecule has 1 aromatic carbocycles. The molecule has 1 N–H and O–H groups in total. The summed E-state index contributed by atoms with van der Waals surface area (Å²) in [5.74, 6) is 0.503. The fraction of sp³-hybridized carbons (Fsp3) is 0.250. The number of methoxy groups -OCH3 is 1. The van der Waals surface area contributed by atoms with Crippen molar-refractivity contribution in [3.63, 3.8) is 0 Å². The normalized spacial score (nSPS) is 10.2. The van der Waals surface area contributed by atoms with Crippen LogP contribution >= 0.6 is 0 Å². The summed E-state index contributed by atoms with van der Waals surface area (Å²) in [5.41, 5.74) is 0.780. The number of carbonyl (C=O) groups is 1. The summed E-state index contributed by atoms with van der Waals surface area (Å²) < 4.78 is 5.11. The lowest BCUT2D eigenvalue weighted by Gasteiger charge is -2.20. The zero-order valence-electron chi connectivity index (χ0n) is 12.1. The number of H-pyrrole nitrogens is 1. The van der Waals surface area contributed by atoms with Gasteiger partial charge in [-0.1, -0.05) is 12.1 Å². The Kier molecular flexibility index (Phi) is 4.77. The highest BCUT2D eigenvalue weighted by Crippen LogP contribution is 2.13. The van der Waals surface area contributed by atoms with Crippen LogP contribution in [0.25, 0.3) is 0 Å². The SMILES string of the molecule is CCN(Cc1ccc(OC)cc1)C(=O)c1ccc[nH]c1=O. The van der Waals surface area contributed by atoms with Gasteiger partial charge in [0.05, 0.1) is 7.11 Å². The predicted octanol–water partition coefficient (Wildman–Crippen LogP) is 2.05. The number of nitrogens with zero attached hydrogens (tertiary/aromatic N) is 1. The Bertz CT molecular complexity index is 662. The number of hydrogen-bond donors (Lipinski definition) is 1. The Morgan fingerprint density at radius 3 is 2.52 bits per heavy atom. The van der Waals surface area contributed by atoms with Gasteiger partial charge in [-0.2, -0.15) is 0 Å². The largest absolute Gasteiger partial charge is 0.497 e. The summed E-state index contributed by atoms with van der Waals surface area (Å²) in [4.78, 5) is 28.3. The molecule has 0 fully saturated rings. The lowest BCUT2D eigenvalue weighted by Crippen LogP contribution is -2.34. The minimum Gasteiger partial charge on any atom is -0.497 e. The summed E-state index contributed by atoms with van der Waals surface area (Å²) in [6.45, 7) is 2.87. The molecule has 0 radical (unpaired) electrons. The van der Waals surface area contributed by atoms with Crippen LogP contribution in [-0.2, 0) is 6.54 Å². The van der Waals surface area contributed by atoms with Crippen molar-refractivity contribution in [3.8, 4) is 5.75 Å². The molecule has 0 saturated carbocycles. The molecule has 5 heteroatoms. The molecular weight excluding hydrogens is 268 g/mol. The molecule has 21 heavy (non-hydrogen) atoms. The van der Waals surface area contributed by atoms with Crippen LogP contribution < -0.4 is 10.3 Å². The zero-order chi connectivity index (χ0) is 15.2. The van der Waals surface area contributed by atoms with Crippen molar-refractivity contribution in [1.29, 1.82) is 0 Å². The van der Waals surface area contributed by atoms with Gasteiger partial charge in [-0.25, -0.2) is 0 Å². The van der Waals surface area contributed by atoms with Gasteiger partial charge in [-0.3, -0.25) is 9.59 Å². The van der Waals surface area contributed by atoms with Crippen molar-refractivity contribution in [1.82, 2.24) is 9.88 Å². The maximum atomic E-state index is 12.4. The lowest BCUT2D eigenvalue weighted by molar-refractivity contribution is 0.0751. The first-order valence-corrected chi connectivity index (χ1v) is 6.75. The number of ether oxygens (including phenoxy) is 1. The van der Waals surface area contributed by atoms with E-state index in [1.54, 1.807) is 18.1 Å². The molecule has 0 aliphatic rings. The van der Waals surface area contributed by atoms with E-state index in [2.05, 4.69) is 4.98 Å². The average molecular weight is 286 g/mol. The number of pyridine rings is 1. The second-order valence-electron chi connectivity index (χ2n) is 4.58. The van der Waals surface area contributed by atoms with E-state index in [0.717, 1.165) is 11.3 Å². The van der Waals surface area contributed by atoms with Gasteiger partial charge in [-0.05, 0) is 36.8 Å². The van der Waals surface area contributed by atoms with Gasteiger partial charge in [-0.15, -0.1) is 0 Å². The molecule has 0 aliphatic carbocycles. The van der Waals surface area contributed by atoms with Gasteiger partial charge in [0.15, 0.2) is 0 Å². The van der Waals surface area contributed by atoms with Crippen molar-refractivity contribution in [3.05, 3.63) is 64.1 Å². The first-order chi connectivity index (χ1) is 10.2. The molecule has 110 valence electrons. The third-order valence-corrected chi connectivity index (χ3v) is 3.25. The topological polar surface area (TPSA) is 62.4 Å². The van der Waals surface area contributed by atoms with Crippen molar-refractivity contribution in [2.75, 3.05) is 13.7 Å². The van der Waals surface area contributed by atoms with Crippen LogP contribution in [0.5, 0.6) is 5.75 Å². The molecule has 1 heterocycles. The maximum absolute atomic E-state index is 12.4. The van der Waals surface area contributed by atoms with Crippen LogP contribution in [-0.4, -0.2) is 29.4 Å². The number of rotatable bonds is 5. The molecule has 0 unspecified atom stereocenters. The zero-order valence-corrected chi connectivity index (χ0v) is 12.1. The summed E-state index contributed by atoms with van der Waals surface area (Å²) in [6, 6.07) is 10.7. The van der Waals surface area contributed by atoms with E-state index < -0.39 is 0 Å². The summed E-state index contributed by atoms with van der Waals surface area (Å²) >= 11 is 0. The highest BCUT2D eigenvalue weighted by Gasteiger charge is 2.17. The number of aromatic amines is 1. The van der Waals surface area contributed by atoms with E-state index in [1.807, 2.05) is 31.2 Å². The number of amides is 1. The Morgan fingerprint density at radius 2 is 1.95 bits per heavy atom. The maximum Gasteiger partial charge on any atom is 0.260 e. The summed E-state index contributed by atoms with van der Waals surface area (Å²) in [6.07, 6.45) is 1.51. The van der Waals surface area contributed by atoms with E-state index in [1.165, 1.54) is 12.3 Å². The van der Waals surface area contributed by atoms with E-state index in [4.69, 9.17) is 4.74 Å². The quantitative estimate of drug-likeness (QED) is 0.915. The molecule has 1 amide bonds. The molecule has 0 atom stereocenters. The Balaban J connectivity index is 2.17. The number of benzene rings is 1. The molecule has 0 aliphatic heterocycles. The second-order valence-corrected chi connectivity index (χ2v) is 4.58. The molecule has 0 bridgehead atoms. The first-order valence-electron chi connectivity index (χ1n) is 6.75. The van der Waals surface area contributed by atoms with E-state index in [0.29, 0.717) is 13.1 Å². The second kappa shape index (κ2) is 6.74. The minimum atomic E-state index is -0.365. The van der Waals surface area contributed by atoms with Crippen LogP contribution in [0, 0.1) is 0 Å². The van der Waals surface area contributed by atoms with Crippen LogP contribution in [0.15, 0.2) is 47.4 Å². The monoisotopic (exact) mass is 286 g/mol. The van der Waals surface area contributed by atoms with Gasteiger partial charge in [0.25, 0.3) is 11.5 Å². The highest BCUT2D eigenvalue weighted by atomic mass is 16.5. The van der Waals surface area contributed by atoms with Gasteiger partial charge in [0.1, 0.15) is 11.3 Å². The third kappa shape index (κ3) is 3.51. The minimum absolute atomic E-state index is 0.160. The number of carbonyl (C=O) groups excluding carboxylic acids is 1. The molecule has 0 saturated heterocycles. The lowest BCUT2D eigenvalue weighted by atomic mass is 10.1. The standard InChI is InChI=1S/C16H18N2O3/c1-3-18(11-12-6-8-13(21-2)9-7-12)16(20)14-5-4-10-17-15(14)19/h4-10H,3,11H2,1-2H3,(H,17,19). The van der Waals surface area contributed by atoms with E-state index in [-0.39, 0.29) is 17.0 Å². The Labute approximate surface area is 123 Å². The van der Waals surface area contributed by atoms with Crippen LogP contribution in [0.4, 0.5) is 0 Å². The molecular formula is C16H18N2O3. The van der Waals surface area contributed by atoms with Crippen molar-refractivity contribution in [2.24, 2.45) is 0 Å². The third-order valence-electron chi connectivity index (χ3n) is 3.25. The van der Waals surface area contributed by atoms with Crippen LogP contribution in [0.1, 0.15) is 22.8 Å². The first kappa shape index (κ1) is 14.8. The summed E-state index contributed by atoms with van der Waals surface area (Å²) in [5, 5.41) is 0. The molecule has 1 aromatic heterocycles. The van der Waals surface area contributed by atoms with Gasteiger partial charge < -0.3 is 14.6 Å². The van der Waals surface area contributed by atoms with Gasteiger partial charge in [0.2, 0.25) is 0 Å². The van der Waals surface area contributed by atoms with Crippen molar-refractivity contribution < 1.29 is 9.53 Å². The van der Waals surface area contributed by atoms with Crippen molar-refractivity contribution in [2.45, 2.75) is 13.5 Å². The predicted molar refractivity (Wildman–Crippen MR) is 80.5 cm³/mol. The smallest absolute Gasteiger partial charge is 0.260 e. The van der Waals surface area contributed by atoms with Gasteiger partial charge in [0, 0.05) is 19.3 Å². The highest BCUT2D eigenvalue weighted by molar-refractivity contribution is 5.93. The molecule has 2 rings (SSSR count). The Hall–Kier alpha value is -2.56. The average Bonchev–Trinajstić information content (AvgIpc) is 2.53. The van der Waals surface area contributed by atoms with Gasteiger partial charge >= 0.3 is 0 Å². The number of aromatic nitrogens is 1.